The number of hydrogen-bond donors (Lipinski definition) is 2. The number of benzene rings is 1. The molecule has 2 aromatic rings. The lowest BCUT2D eigenvalue weighted by Gasteiger charge is -2.21. The zero-order valence-corrected chi connectivity index (χ0v) is 13.0. The van der Waals surface area contributed by atoms with Gasteiger partial charge in [-0.1, -0.05) is 13.0 Å². The Morgan fingerprint density at radius 1 is 1.33 bits per heavy atom. The largest absolute Gasteiger partial charge is 0.508 e. The van der Waals surface area contributed by atoms with Crippen molar-refractivity contribution in [1.29, 1.82) is 0 Å². The lowest BCUT2D eigenvalue weighted by Crippen LogP contribution is -2.20. The van der Waals surface area contributed by atoms with E-state index < -0.39 is 0 Å². The van der Waals surface area contributed by atoms with Crippen LogP contribution >= 0.6 is 0 Å². The van der Waals surface area contributed by atoms with Gasteiger partial charge in [-0.25, -0.2) is 0 Å². The molecule has 1 aromatic carbocycles. The molecule has 0 fully saturated rings. The van der Waals surface area contributed by atoms with E-state index in [0.29, 0.717) is 12.3 Å². The Bertz CT molecular complexity index is 552. The maximum atomic E-state index is 10.2. The first kappa shape index (κ1) is 15.4. The van der Waals surface area contributed by atoms with Crippen LogP contribution in [0.5, 0.6) is 5.75 Å². The topological polar surface area (TPSA) is 48.6 Å². The molecule has 1 heterocycles. The van der Waals surface area contributed by atoms with Gasteiger partial charge in [-0.2, -0.15) is 0 Å². The van der Waals surface area contributed by atoms with Crippen LogP contribution in [0, 0.1) is 0 Å². The second-order valence-electron chi connectivity index (χ2n) is 5.35. The number of aromatic hydroxyl groups is 1. The van der Waals surface area contributed by atoms with Crippen LogP contribution in [0.15, 0.2) is 41.0 Å². The molecule has 0 saturated heterocycles. The van der Waals surface area contributed by atoms with Crippen molar-refractivity contribution in [3.8, 4) is 5.75 Å². The molecule has 1 atom stereocenters. The third-order valence-electron chi connectivity index (χ3n) is 3.59. The van der Waals surface area contributed by atoms with Crippen LogP contribution in [-0.4, -0.2) is 18.7 Å². The standard InChI is InChI=1S/C17H24N2O2/c1-4-9-18-13(2)16-8-7-14(11-17(16)20)19(3)12-15-6-5-10-21-15/h5-8,10-11,13,18,20H,4,9,12H2,1-3H3. The Hall–Kier alpha value is -1.94. The molecule has 0 radical (unpaired) electrons. The minimum atomic E-state index is 0.148. The summed E-state index contributed by atoms with van der Waals surface area (Å²) in [6.45, 7) is 5.82. The van der Waals surface area contributed by atoms with Gasteiger partial charge in [-0.3, -0.25) is 0 Å². The van der Waals surface area contributed by atoms with Crippen LogP contribution in [0.1, 0.15) is 37.6 Å². The monoisotopic (exact) mass is 288 g/mol. The van der Waals surface area contributed by atoms with Gasteiger partial charge in [0.25, 0.3) is 0 Å². The summed E-state index contributed by atoms with van der Waals surface area (Å²) >= 11 is 0. The summed E-state index contributed by atoms with van der Waals surface area (Å²) in [7, 11) is 1.98. The van der Waals surface area contributed by atoms with E-state index in [1.807, 2.05) is 42.3 Å². The molecule has 0 aliphatic carbocycles. The Labute approximate surface area is 126 Å². The zero-order valence-electron chi connectivity index (χ0n) is 13.0. The van der Waals surface area contributed by atoms with Gasteiger partial charge in [-0.05, 0) is 38.1 Å². The second-order valence-corrected chi connectivity index (χ2v) is 5.35. The molecule has 4 heteroatoms. The maximum absolute atomic E-state index is 10.2. The fourth-order valence-electron chi connectivity index (χ4n) is 2.33. The lowest BCUT2D eigenvalue weighted by molar-refractivity contribution is 0.452. The summed E-state index contributed by atoms with van der Waals surface area (Å²) in [4.78, 5) is 2.05. The number of phenols is 1. The molecule has 4 nitrogen and oxygen atoms in total. The van der Waals surface area contributed by atoms with E-state index in [1.165, 1.54) is 0 Å². The van der Waals surface area contributed by atoms with Crippen molar-refractivity contribution in [3.05, 3.63) is 47.9 Å². The van der Waals surface area contributed by atoms with E-state index in [-0.39, 0.29) is 6.04 Å². The van der Waals surface area contributed by atoms with E-state index in [4.69, 9.17) is 4.42 Å². The molecular weight excluding hydrogens is 264 g/mol. The Morgan fingerprint density at radius 2 is 2.14 bits per heavy atom. The van der Waals surface area contributed by atoms with Crippen molar-refractivity contribution in [2.45, 2.75) is 32.9 Å². The van der Waals surface area contributed by atoms with E-state index in [1.54, 1.807) is 6.26 Å². The van der Waals surface area contributed by atoms with Crippen LogP contribution in [-0.2, 0) is 6.54 Å². The molecule has 0 saturated carbocycles. The van der Waals surface area contributed by atoms with Crippen molar-refractivity contribution in [2.24, 2.45) is 0 Å². The highest BCUT2D eigenvalue weighted by Gasteiger charge is 2.12. The fourth-order valence-corrected chi connectivity index (χ4v) is 2.33. The smallest absolute Gasteiger partial charge is 0.123 e. The van der Waals surface area contributed by atoms with Gasteiger partial charge in [-0.15, -0.1) is 0 Å². The summed E-state index contributed by atoms with van der Waals surface area (Å²) in [5.74, 6) is 1.23. The number of hydrogen-bond acceptors (Lipinski definition) is 4. The number of nitrogens with zero attached hydrogens (tertiary/aromatic N) is 1. The predicted octanol–water partition coefficient (Wildman–Crippen LogP) is 3.68. The number of phenolic OH excluding ortho intramolecular Hbond substituents is 1. The first-order valence-corrected chi connectivity index (χ1v) is 7.41. The van der Waals surface area contributed by atoms with Gasteiger partial charge >= 0.3 is 0 Å². The summed E-state index contributed by atoms with van der Waals surface area (Å²) in [6, 6.07) is 9.79. The summed E-state index contributed by atoms with van der Waals surface area (Å²) in [5.41, 5.74) is 1.90. The average molecular weight is 288 g/mol. The molecule has 0 aliphatic rings. The minimum absolute atomic E-state index is 0.148. The summed E-state index contributed by atoms with van der Waals surface area (Å²) in [5, 5.41) is 13.6. The van der Waals surface area contributed by atoms with E-state index in [2.05, 4.69) is 19.2 Å². The molecule has 0 aliphatic heterocycles. The molecule has 0 bridgehead atoms. The Balaban J connectivity index is 2.07. The molecule has 114 valence electrons. The van der Waals surface area contributed by atoms with Gasteiger partial charge < -0.3 is 19.7 Å². The molecule has 0 spiro atoms. The van der Waals surface area contributed by atoms with Gasteiger partial charge in [0.2, 0.25) is 0 Å². The van der Waals surface area contributed by atoms with E-state index in [0.717, 1.165) is 30.0 Å². The quantitative estimate of drug-likeness (QED) is 0.816. The van der Waals surface area contributed by atoms with Gasteiger partial charge in [0.1, 0.15) is 11.5 Å². The third-order valence-corrected chi connectivity index (χ3v) is 3.59. The highest BCUT2D eigenvalue weighted by molar-refractivity contribution is 5.53. The number of furan rings is 1. The first-order valence-electron chi connectivity index (χ1n) is 7.41. The van der Waals surface area contributed by atoms with Crippen molar-refractivity contribution in [3.63, 3.8) is 0 Å². The first-order chi connectivity index (χ1) is 10.1. The predicted molar refractivity (Wildman–Crippen MR) is 85.6 cm³/mol. The zero-order chi connectivity index (χ0) is 15.2. The lowest BCUT2D eigenvalue weighted by atomic mass is 10.1. The van der Waals surface area contributed by atoms with Crippen LogP contribution < -0.4 is 10.2 Å². The molecule has 2 N–H and O–H groups in total. The summed E-state index contributed by atoms with van der Waals surface area (Å²) in [6.07, 6.45) is 2.75. The molecule has 1 unspecified atom stereocenters. The minimum Gasteiger partial charge on any atom is -0.508 e. The number of anilines is 1. The molecule has 0 amide bonds. The van der Waals surface area contributed by atoms with E-state index in [9.17, 15) is 5.11 Å². The van der Waals surface area contributed by atoms with Gasteiger partial charge in [0.15, 0.2) is 0 Å². The van der Waals surface area contributed by atoms with E-state index >= 15 is 0 Å². The van der Waals surface area contributed by atoms with Crippen LogP contribution in [0.4, 0.5) is 5.69 Å². The number of rotatable bonds is 7. The average Bonchev–Trinajstić information content (AvgIpc) is 2.97. The molecule has 21 heavy (non-hydrogen) atoms. The van der Waals surface area contributed by atoms with Crippen molar-refractivity contribution in [1.82, 2.24) is 5.32 Å². The maximum Gasteiger partial charge on any atom is 0.123 e. The Morgan fingerprint density at radius 3 is 2.76 bits per heavy atom. The Kier molecular flexibility index (Phi) is 5.28. The molecular formula is C17H24N2O2. The van der Waals surface area contributed by atoms with Crippen molar-refractivity contribution >= 4 is 5.69 Å². The van der Waals surface area contributed by atoms with Crippen molar-refractivity contribution in [2.75, 3.05) is 18.5 Å². The molecule has 1 aromatic heterocycles. The van der Waals surface area contributed by atoms with Crippen molar-refractivity contribution < 1.29 is 9.52 Å². The van der Waals surface area contributed by atoms with Gasteiger partial charge in [0.05, 0.1) is 12.8 Å². The summed E-state index contributed by atoms with van der Waals surface area (Å²) < 4.78 is 5.35. The second kappa shape index (κ2) is 7.18. The normalized spacial score (nSPS) is 12.3. The van der Waals surface area contributed by atoms with Crippen LogP contribution in [0.3, 0.4) is 0 Å². The van der Waals surface area contributed by atoms with Crippen LogP contribution in [0.25, 0.3) is 0 Å². The molecule has 2 rings (SSSR count). The fraction of sp³-hybridized carbons (Fsp3) is 0.412. The number of nitrogens with one attached hydrogen (secondary N) is 1. The SMILES string of the molecule is CCCNC(C)c1ccc(N(C)Cc2ccco2)cc1O. The van der Waals surface area contributed by atoms with Gasteiger partial charge in [0, 0.05) is 30.4 Å². The highest BCUT2D eigenvalue weighted by atomic mass is 16.3. The highest BCUT2D eigenvalue weighted by Crippen LogP contribution is 2.29. The third kappa shape index (κ3) is 4.02. The van der Waals surface area contributed by atoms with Crippen LogP contribution in [0.2, 0.25) is 0 Å².